The molecule has 35 heavy (non-hydrogen) atoms. The van der Waals surface area contributed by atoms with Gasteiger partial charge >= 0.3 is 5.97 Å². The fourth-order valence-electron chi connectivity index (χ4n) is 10.8. The monoisotopic (exact) mass is 484 g/mol. The summed E-state index contributed by atoms with van der Waals surface area (Å²) in [5, 5.41) is 11.2. The highest BCUT2D eigenvalue weighted by Crippen LogP contribution is 2.75. The minimum absolute atomic E-state index is 0.165. The zero-order valence-electron chi connectivity index (χ0n) is 23.9. The molecule has 3 heteroatoms. The van der Waals surface area contributed by atoms with Gasteiger partial charge in [0.05, 0.1) is 12.7 Å². The largest absolute Gasteiger partial charge is 0.465 e. The topological polar surface area (TPSA) is 46.5 Å². The highest BCUT2D eigenvalue weighted by atomic mass is 16.5. The first-order valence-corrected chi connectivity index (χ1v) is 14.6. The number of aliphatic hydroxyl groups excluding tert-OH is 1. The van der Waals surface area contributed by atoms with Crippen molar-refractivity contribution in [3.05, 3.63) is 11.6 Å². The smallest absolute Gasteiger partial charge is 0.302 e. The SMILES string of the molecule is CC(=O)OC[C@@]1(C)C2CC[C@]3(C)[C@H](CC=C4[C@H]5CC(C)(C)CC[C@]5(C)CC[C@]43C)[C@@]2(C)CC[C@@H]1O. The molecule has 0 aromatic carbocycles. The van der Waals surface area contributed by atoms with Gasteiger partial charge in [-0.05, 0) is 109 Å². The molecule has 1 unspecified atom stereocenters. The summed E-state index contributed by atoms with van der Waals surface area (Å²) in [7, 11) is 0. The summed E-state index contributed by atoms with van der Waals surface area (Å²) < 4.78 is 5.59. The lowest BCUT2D eigenvalue weighted by Gasteiger charge is -2.71. The van der Waals surface area contributed by atoms with Crippen molar-refractivity contribution in [2.75, 3.05) is 6.61 Å². The Morgan fingerprint density at radius 1 is 0.943 bits per heavy atom. The van der Waals surface area contributed by atoms with Gasteiger partial charge in [-0.3, -0.25) is 4.79 Å². The first kappa shape index (κ1) is 25.8. The molecule has 0 amide bonds. The Kier molecular flexibility index (Phi) is 5.78. The molecule has 5 aliphatic carbocycles. The van der Waals surface area contributed by atoms with E-state index in [4.69, 9.17) is 4.74 Å². The first-order valence-electron chi connectivity index (χ1n) is 14.6. The van der Waals surface area contributed by atoms with Crippen molar-refractivity contribution in [1.82, 2.24) is 0 Å². The van der Waals surface area contributed by atoms with Crippen LogP contribution < -0.4 is 0 Å². The third-order valence-electron chi connectivity index (χ3n) is 13.4. The maximum absolute atomic E-state index is 11.7. The van der Waals surface area contributed by atoms with E-state index in [0.717, 1.165) is 25.2 Å². The lowest BCUT2D eigenvalue weighted by atomic mass is 9.33. The van der Waals surface area contributed by atoms with E-state index in [-0.39, 0.29) is 27.6 Å². The maximum Gasteiger partial charge on any atom is 0.302 e. The number of fused-ring (bicyclic) bond motifs is 7. The lowest BCUT2D eigenvalue weighted by Crippen LogP contribution is -2.65. The van der Waals surface area contributed by atoms with Gasteiger partial charge in [0.2, 0.25) is 0 Å². The number of allylic oxidation sites excluding steroid dienone is 2. The van der Waals surface area contributed by atoms with Crippen LogP contribution in [-0.2, 0) is 9.53 Å². The lowest BCUT2D eigenvalue weighted by molar-refractivity contribution is -0.218. The number of rotatable bonds is 2. The van der Waals surface area contributed by atoms with E-state index in [0.29, 0.717) is 29.3 Å². The van der Waals surface area contributed by atoms with Gasteiger partial charge in [-0.25, -0.2) is 0 Å². The Labute approximate surface area is 214 Å². The fraction of sp³-hybridized carbons (Fsp3) is 0.906. The van der Waals surface area contributed by atoms with Crippen molar-refractivity contribution in [1.29, 1.82) is 0 Å². The number of carbonyl (C=O) groups is 1. The van der Waals surface area contributed by atoms with Crippen molar-refractivity contribution >= 4 is 5.97 Å². The Hall–Kier alpha value is -0.830. The van der Waals surface area contributed by atoms with Crippen LogP contribution in [0.5, 0.6) is 0 Å². The number of hydrogen-bond donors (Lipinski definition) is 1. The predicted molar refractivity (Wildman–Crippen MR) is 142 cm³/mol. The standard InChI is InChI=1S/C32H52O3/c1-21(33)35-20-30(6)24-11-14-32(8)25(29(24,5)13-12-26(30)34)10-9-22-23-19-27(2,3)15-16-28(23,4)17-18-31(22,32)7/h9,23-26,34H,10-20H2,1-8H3/t23-,24?,25-,26+,28-,29+,30+,31-,32-/m1/s1. The van der Waals surface area contributed by atoms with E-state index in [1.807, 2.05) is 5.57 Å². The van der Waals surface area contributed by atoms with E-state index < -0.39 is 6.10 Å². The van der Waals surface area contributed by atoms with Crippen LogP contribution in [0.15, 0.2) is 11.6 Å². The summed E-state index contributed by atoms with van der Waals surface area (Å²) in [5.41, 5.74) is 3.10. The quantitative estimate of drug-likeness (QED) is 0.322. The van der Waals surface area contributed by atoms with Gasteiger partial charge in [0, 0.05) is 12.3 Å². The summed E-state index contributed by atoms with van der Waals surface area (Å²) in [6, 6.07) is 0. The average Bonchev–Trinajstić information content (AvgIpc) is 2.77. The zero-order valence-corrected chi connectivity index (χ0v) is 23.9. The van der Waals surface area contributed by atoms with Crippen LogP contribution in [0.25, 0.3) is 0 Å². The van der Waals surface area contributed by atoms with Crippen LogP contribution in [0.1, 0.15) is 120 Å². The van der Waals surface area contributed by atoms with Crippen molar-refractivity contribution in [3.8, 4) is 0 Å². The molecule has 198 valence electrons. The molecule has 0 aromatic rings. The van der Waals surface area contributed by atoms with Gasteiger partial charge < -0.3 is 9.84 Å². The molecule has 5 rings (SSSR count). The molecule has 0 radical (unpaired) electrons. The second-order valence-electron chi connectivity index (χ2n) is 15.7. The molecule has 4 saturated carbocycles. The van der Waals surface area contributed by atoms with Gasteiger partial charge in [-0.15, -0.1) is 0 Å². The normalized spacial score (nSPS) is 52.8. The van der Waals surface area contributed by atoms with Gasteiger partial charge in [0.25, 0.3) is 0 Å². The van der Waals surface area contributed by atoms with E-state index in [2.05, 4.69) is 54.5 Å². The summed E-state index contributed by atoms with van der Waals surface area (Å²) in [5.74, 6) is 1.50. The van der Waals surface area contributed by atoms with Gasteiger partial charge in [0.15, 0.2) is 0 Å². The Morgan fingerprint density at radius 2 is 1.63 bits per heavy atom. The van der Waals surface area contributed by atoms with Crippen LogP contribution in [0, 0.1) is 50.2 Å². The molecule has 4 fully saturated rings. The molecule has 0 saturated heterocycles. The van der Waals surface area contributed by atoms with Crippen molar-refractivity contribution in [2.45, 2.75) is 126 Å². The predicted octanol–water partition coefficient (Wildman–Crippen LogP) is 7.71. The van der Waals surface area contributed by atoms with E-state index in [9.17, 15) is 9.90 Å². The fourth-order valence-corrected chi connectivity index (χ4v) is 10.8. The van der Waals surface area contributed by atoms with Gasteiger partial charge in [-0.1, -0.05) is 60.1 Å². The molecule has 3 nitrogen and oxygen atoms in total. The molecule has 0 spiro atoms. The minimum atomic E-state index is -0.394. The summed E-state index contributed by atoms with van der Waals surface area (Å²) in [4.78, 5) is 11.7. The Bertz CT molecular complexity index is 920. The molecular formula is C32H52O3. The minimum Gasteiger partial charge on any atom is -0.465 e. The van der Waals surface area contributed by atoms with Crippen LogP contribution in [-0.4, -0.2) is 23.8 Å². The molecule has 5 aliphatic rings. The number of aliphatic hydroxyl groups is 1. The average molecular weight is 485 g/mol. The van der Waals surface area contributed by atoms with E-state index >= 15 is 0 Å². The number of hydrogen-bond acceptors (Lipinski definition) is 3. The third-order valence-corrected chi connectivity index (χ3v) is 13.4. The second kappa shape index (κ2) is 7.84. The summed E-state index contributed by atoms with van der Waals surface area (Å²) in [6.07, 6.45) is 14.6. The van der Waals surface area contributed by atoms with E-state index in [1.54, 1.807) is 0 Å². The van der Waals surface area contributed by atoms with Crippen molar-refractivity contribution in [3.63, 3.8) is 0 Å². The van der Waals surface area contributed by atoms with Crippen molar-refractivity contribution < 1.29 is 14.6 Å². The summed E-state index contributed by atoms with van der Waals surface area (Å²) in [6.45, 7) is 19.5. The molecule has 1 N–H and O–H groups in total. The van der Waals surface area contributed by atoms with Gasteiger partial charge in [0.1, 0.15) is 0 Å². The van der Waals surface area contributed by atoms with Crippen LogP contribution in [0.2, 0.25) is 0 Å². The molecule has 0 aliphatic heterocycles. The molecule has 0 bridgehead atoms. The van der Waals surface area contributed by atoms with Crippen LogP contribution in [0.4, 0.5) is 0 Å². The zero-order chi connectivity index (χ0) is 25.7. The molecular weight excluding hydrogens is 432 g/mol. The Balaban J connectivity index is 1.53. The van der Waals surface area contributed by atoms with Gasteiger partial charge in [-0.2, -0.15) is 0 Å². The molecule has 0 heterocycles. The second-order valence-corrected chi connectivity index (χ2v) is 15.7. The van der Waals surface area contributed by atoms with Crippen LogP contribution in [0.3, 0.4) is 0 Å². The summed E-state index contributed by atoms with van der Waals surface area (Å²) >= 11 is 0. The highest BCUT2D eigenvalue weighted by Gasteiger charge is 2.68. The molecule has 9 atom stereocenters. The third kappa shape index (κ3) is 3.48. The number of carbonyl (C=O) groups excluding carboxylic acids is 1. The van der Waals surface area contributed by atoms with E-state index in [1.165, 1.54) is 51.9 Å². The van der Waals surface area contributed by atoms with Crippen molar-refractivity contribution in [2.24, 2.45) is 50.2 Å². The Morgan fingerprint density at radius 3 is 2.31 bits per heavy atom. The first-order chi connectivity index (χ1) is 16.1. The molecule has 0 aromatic heterocycles. The maximum atomic E-state index is 11.7. The van der Waals surface area contributed by atoms with Crippen LogP contribution >= 0.6 is 0 Å². The highest BCUT2D eigenvalue weighted by molar-refractivity contribution is 5.65. The number of esters is 1. The number of ether oxygens (including phenoxy) is 1.